The van der Waals surface area contributed by atoms with Crippen molar-refractivity contribution in [1.82, 2.24) is 25.3 Å². The van der Waals surface area contributed by atoms with Gasteiger partial charge in [-0.15, -0.1) is 0 Å². The molecular formula is C34H62BN5O7. The number of carbonyl (C=O) groups is 5. The van der Waals surface area contributed by atoms with E-state index in [0.29, 0.717) is 6.54 Å². The smallest absolute Gasteiger partial charge is 0.245 e. The molecule has 2 N–H and O–H groups in total. The zero-order valence-electron chi connectivity index (χ0n) is 31.0. The van der Waals surface area contributed by atoms with Gasteiger partial charge in [-0.3, -0.25) is 24.0 Å². The molecule has 13 heteroatoms. The first kappa shape index (κ1) is 40.7. The Labute approximate surface area is 283 Å². The summed E-state index contributed by atoms with van der Waals surface area (Å²) in [6.07, 6.45) is 1.34. The Morgan fingerprint density at radius 2 is 1.62 bits per heavy atom. The Morgan fingerprint density at radius 1 is 1.00 bits per heavy atom. The van der Waals surface area contributed by atoms with Gasteiger partial charge in [0.1, 0.15) is 13.9 Å². The number of hydrogen-bond donors (Lipinski definition) is 2. The zero-order valence-corrected chi connectivity index (χ0v) is 31.0. The van der Waals surface area contributed by atoms with E-state index >= 15 is 0 Å². The SMILES string of the molecule is B[C@@H]1CCCN1C(=O)[C@H](C)[C@@H](OC)[C@@H]1CC(=O)CN1C(=O)C[C@@H](OC)[C@H]([C@@H](C)CC)N(C)C(=O)[C@@H](NC(=O)[C@@H](NC)C(C)C)C(C)C. The molecular weight excluding hydrogens is 601 g/mol. The molecule has 0 saturated carbocycles. The standard InChI is InChI=1S/C34H62BN5O7/c1-12-21(6)30(38(9)34(45)29(20(4)5)37-32(43)28(36-8)19(2)3)25(46-10)17-27(42)40-18-23(41)16-24(40)31(47-11)22(7)33(44)39-15-13-14-26(39)35/h19-22,24-26,28-31,36H,12-18,35H2,1-11H3,(H,37,43)/t21-,22+,24-,25+,26-,28-,29-,30-,31+/m0/s1. The molecule has 0 bridgehead atoms. The van der Waals surface area contributed by atoms with E-state index in [2.05, 4.69) is 10.6 Å². The summed E-state index contributed by atoms with van der Waals surface area (Å²) in [5.74, 6) is -1.51. The lowest BCUT2D eigenvalue weighted by molar-refractivity contribution is -0.149. The van der Waals surface area contributed by atoms with Crippen molar-refractivity contribution in [3.8, 4) is 0 Å². The van der Waals surface area contributed by atoms with Crippen LogP contribution in [0.25, 0.3) is 0 Å². The summed E-state index contributed by atoms with van der Waals surface area (Å²) in [6, 6.07) is -2.30. The van der Waals surface area contributed by atoms with Crippen molar-refractivity contribution in [2.45, 2.75) is 123 Å². The summed E-state index contributed by atoms with van der Waals surface area (Å²) in [5.41, 5.74) is 0. The van der Waals surface area contributed by atoms with Crippen LogP contribution in [0, 0.1) is 23.7 Å². The summed E-state index contributed by atoms with van der Waals surface area (Å²) < 4.78 is 11.8. The minimum Gasteiger partial charge on any atom is -0.379 e. The van der Waals surface area contributed by atoms with Gasteiger partial charge in [0.2, 0.25) is 23.6 Å². The minimum absolute atomic E-state index is 0.0263. The Hall–Kier alpha value is -2.51. The number of amides is 4. The van der Waals surface area contributed by atoms with Crippen LogP contribution in [-0.2, 0) is 33.4 Å². The number of hydrogen-bond acceptors (Lipinski definition) is 8. The van der Waals surface area contributed by atoms with Crippen molar-refractivity contribution in [2.75, 3.05) is 41.4 Å². The van der Waals surface area contributed by atoms with E-state index in [-0.39, 0.29) is 72.5 Å². The monoisotopic (exact) mass is 663 g/mol. The predicted octanol–water partition coefficient (Wildman–Crippen LogP) is 1.05. The number of rotatable bonds is 17. The Kier molecular flexibility index (Phi) is 15.8. The lowest BCUT2D eigenvalue weighted by Crippen LogP contribution is -2.59. The van der Waals surface area contributed by atoms with Gasteiger partial charge < -0.3 is 34.8 Å². The number of ether oxygens (including phenoxy) is 2. The minimum atomic E-state index is -0.776. The highest BCUT2D eigenvalue weighted by Crippen LogP contribution is 2.30. The van der Waals surface area contributed by atoms with Gasteiger partial charge in [0.05, 0.1) is 49.2 Å². The molecule has 0 spiro atoms. The zero-order chi connectivity index (χ0) is 35.7. The van der Waals surface area contributed by atoms with Crippen molar-refractivity contribution < 1.29 is 33.4 Å². The molecule has 0 aromatic rings. The van der Waals surface area contributed by atoms with Gasteiger partial charge in [-0.1, -0.05) is 54.9 Å². The number of carbonyl (C=O) groups excluding carboxylic acids is 5. The first-order valence-electron chi connectivity index (χ1n) is 17.5. The fourth-order valence-electron chi connectivity index (χ4n) is 7.40. The maximum Gasteiger partial charge on any atom is 0.245 e. The van der Waals surface area contributed by atoms with Crippen LogP contribution in [0.2, 0.25) is 0 Å². The summed E-state index contributed by atoms with van der Waals surface area (Å²) in [5, 5.41) is 6.00. The number of likely N-dealkylation sites (tertiary alicyclic amines) is 2. The summed E-state index contributed by atoms with van der Waals surface area (Å²) in [6.45, 7) is 14.1. The molecule has 12 nitrogen and oxygen atoms in total. The third-order valence-corrected chi connectivity index (χ3v) is 10.4. The second-order valence-electron chi connectivity index (χ2n) is 14.4. The number of likely N-dealkylation sites (N-methyl/N-ethyl adjacent to an activating group) is 2. The lowest BCUT2D eigenvalue weighted by atomic mass is 9.89. The van der Waals surface area contributed by atoms with Crippen LogP contribution in [0.5, 0.6) is 0 Å². The second-order valence-corrected chi connectivity index (χ2v) is 14.4. The van der Waals surface area contributed by atoms with Crippen LogP contribution in [-0.4, -0.2) is 136 Å². The highest BCUT2D eigenvalue weighted by atomic mass is 16.5. The van der Waals surface area contributed by atoms with Gasteiger partial charge in [0, 0.05) is 34.2 Å². The highest BCUT2D eigenvalue weighted by molar-refractivity contribution is 6.13. The maximum atomic E-state index is 14.1. The van der Waals surface area contributed by atoms with Gasteiger partial charge in [0.25, 0.3) is 0 Å². The maximum absolute atomic E-state index is 14.1. The summed E-state index contributed by atoms with van der Waals surface area (Å²) in [7, 11) is 8.51. The average molecular weight is 664 g/mol. The average Bonchev–Trinajstić information content (AvgIpc) is 3.63. The molecule has 0 aromatic carbocycles. The summed E-state index contributed by atoms with van der Waals surface area (Å²) in [4.78, 5) is 72.5. The number of nitrogens with one attached hydrogen (secondary N) is 2. The Balaban J connectivity index is 2.32. The van der Waals surface area contributed by atoms with E-state index in [0.717, 1.165) is 19.3 Å². The number of methoxy groups -OCH3 is 2. The van der Waals surface area contributed by atoms with Crippen LogP contribution in [0.15, 0.2) is 0 Å². The Bertz CT molecular complexity index is 1090. The van der Waals surface area contributed by atoms with Gasteiger partial charge in [-0.2, -0.15) is 0 Å². The van der Waals surface area contributed by atoms with E-state index in [1.54, 1.807) is 19.0 Å². The molecule has 2 fully saturated rings. The van der Waals surface area contributed by atoms with E-state index in [4.69, 9.17) is 9.47 Å². The van der Waals surface area contributed by atoms with E-state index in [1.807, 2.05) is 61.2 Å². The molecule has 2 rings (SSSR count). The third kappa shape index (κ3) is 9.78. The molecule has 9 atom stereocenters. The fourth-order valence-corrected chi connectivity index (χ4v) is 7.40. The molecule has 47 heavy (non-hydrogen) atoms. The van der Waals surface area contributed by atoms with Crippen LogP contribution in [0.4, 0.5) is 0 Å². The summed E-state index contributed by atoms with van der Waals surface area (Å²) >= 11 is 0. The van der Waals surface area contributed by atoms with E-state index in [1.165, 1.54) is 19.1 Å². The van der Waals surface area contributed by atoms with E-state index < -0.39 is 42.3 Å². The van der Waals surface area contributed by atoms with Crippen LogP contribution in [0.1, 0.15) is 80.6 Å². The molecule has 2 aliphatic rings. The Morgan fingerprint density at radius 3 is 2.09 bits per heavy atom. The van der Waals surface area contributed by atoms with Crippen LogP contribution in [0.3, 0.4) is 0 Å². The van der Waals surface area contributed by atoms with Gasteiger partial charge in [0.15, 0.2) is 5.78 Å². The topological polar surface area (TPSA) is 138 Å². The predicted molar refractivity (Wildman–Crippen MR) is 184 cm³/mol. The molecule has 0 radical (unpaired) electrons. The van der Waals surface area contributed by atoms with Crippen molar-refractivity contribution in [1.29, 1.82) is 0 Å². The van der Waals surface area contributed by atoms with Gasteiger partial charge in [-0.05, 0) is 43.6 Å². The lowest BCUT2D eigenvalue weighted by Gasteiger charge is -2.41. The van der Waals surface area contributed by atoms with Gasteiger partial charge in [-0.25, -0.2) is 0 Å². The van der Waals surface area contributed by atoms with Crippen LogP contribution >= 0.6 is 0 Å². The van der Waals surface area contributed by atoms with Crippen molar-refractivity contribution in [3.05, 3.63) is 0 Å². The van der Waals surface area contributed by atoms with E-state index in [9.17, 15) is 24.0 Å². The van der Waals surface area contributed by atoms with Crippen molar-refractivity contribution in [3.63, 3.8) is 0 Å². The number of nitrogens with zero attached hydrogens (tertiary/aromatic N) is 3. The molecule has 2 aliphatic heterocycles. The molecule has 2 heterocycles. The number of Topliss-reactive ketones (excluding diaryl/α,β-unsaturated/α-hetero) is 1. The molecule has 268 valence electrons. The quantitative estimate of drug-likeness (QED) is 0.221. The highest BCUT2D eigenvalue weighted by Gasteiger charge is 2.46. The third-order valence-electron chi connectivity index (χ3n) is 10.4. The molecule has 4 amide bonds. The largest absolute Gasteiger partial charge is 0.379 e. The molecule has 0 unspecified atom stereocenters. The molecule has 2 saturated heterocycles. The second kappa shape index (κ2) is 18.3. The normalized spacial score (nSPS) is 23.0. The van der Waals surface area contributed by atoms with Crippen molar-refractivity contribution in [2.24, 2.45) is 23.7 Å². The first-order chi connectivity index (χ1) is 22.0. The van der Waals surface area contributed by atoms with Gasteiger partial charge >= 0.3 is 0 Å². The fraction of sp³-hybridized carbons (Fsp3) is 0.853. The molecule has 0 aromatic heterocycles. The van der Waals surface area contributed by atoms with Crippen LogP contribution < -0.4 is 10.6 Å². The molecule has 0 aliphatic carbocycles. The first-order valence-corrected chi connectivity index (χ1v) is 17.5. The number of ketones is 1. The van der Waals surface area contributed by atoms with Crippen molar-refractivity contribution >= 4 is 37.3 Å².